The van der Waals surface area contributed by atoms with Crippen molar-refractivity contribution < 1.29 is 9.59 Å². The van der Waals surface area contributed by atoms with Crippen molar-refractivity contribution >= 4 is 34.8 Å². The summed E-state index contributed by atoms with van der Waals surface area (Å²) in [4.78, 5) is 23.7. The molecule has 0 aliphatic heterocycles. The van der Waals surface area contributed by atoms with Crippen LogP contribution in [0.15, 0.2) is 60.7 Å². The monoisotopic (exact) mass is 380 g/mol. The quantitative estimate of drug-likeness (QED) is 0.626. The Morgan fingerprint density at radius 3 is 2.44 bits per heavy atom. The maximum atomic E-state index is 12.3. The lowest BCUT2D eigenvalue weighted by atomic mass is 10.1. The molecule has 0 unspecified atom stereocenters. The molecule has 0 spiro atoms. The molecule has 0 bridgehead atoms. The van der Waals surface area contributed by atoms with Gasteiger partial charge in [0.15, 0.2) is 11.5 Å². The maximum absolute atomic E-state index is 12.3. The Hall–Kier alpha value is -3.25. The third-order valence-electron chi connectivity index (χ3n) is 3.81. The minimum atomic E-state index is -0.396. The minimum absolute atomic E-state index is 0.0676. The number of carbonyl (C=O) groups is 2. The molecule has 0 radical (unpaired) electrons. The van der Waals surface area contributed by atoms with Crippen LogP contribution in [-0.2, 0) is 6.54 Å². The second-order valence-corrected chi connectivity index (χ2v) is 6.31. The van der Waals surface area contributed by atoms with Crippen molar-refractivity contribution in [3.05, 3.63) is 82.5 Å². The Kier molecular flexibility index (Phi) is 5.78. The van der Waals surface area contributed by atoms with Gasteiger partial charge < -0.3 is 10.6 Å². The first kappa shape index (κ1) is 18.5. The average Bonchev–Trinajstić information content (AvgIpc) is 2.68. The van der Waals surface area contributed by atoms with Crippen molar-refractivity contribution in [1.29, 1.82) is 0 Å². The number of benzene rings is 2. The van der Waals surface area contributed by atoms with E-state index in [-0.39, 0.29) is 11.5 Å². The van der Waals surface area contributed by atoms with Crippen molar-refractivity contribution in [3.8, 4) is 0 Å². The van der Waals surface area contributed by atoms with Crippen LogP contribution in [0.2, 0.25) is 5.02 Å². The first-order valence-corrected chi connectivity index (χ1v) is 8.63. The van der Waals surface area contributed by atoms with Crippen LogP contribution in [0.25, 0.3) is 0 Å². The summed E-state index contributed by atoms with van der Waals surface area (Å²) in [5.41, 5.74) is 2.29. The number of halogens is 1. The van der Waals surface area contributed by atoms with E-state index >= 15 is 0 Å². The van der Waals surface area contributed by atoms with Gasteiger partial charge in [0.1, 0.15) is 5.82 Å². The number of hydrogen-bond acceptors (Lipinski definition) is 5. The molecule has 136 valence electrons. The summed E-state index contributed by atoms with van der Waals surface area (Å²) in [5.74, 6) is 0.0922. The second kappa shape index (κ2) is 8.42. The lowest BCUT2D eigenvalue weighted by Crippen LogP contribution is -2.15. The standard InChI is InChI=1S/C20H17ClN4O2/c1-13(26)15-3-2-4-17(11-15)23-20(27)18-9-10-19(25-24-18)22-12-14-5-7-16(21)8-6-14/h2-11H,12H2,1H3,(H,22,25)(H,23,27). The van der Waals surface area contributed by atoms with E-state index in [2.05, 4.69) is 20.8 Å². The van der Waals surface area contributed by atoms with Crippen molar-refractivity contribution in [1.82, 2.24) is 10.2 Å². The van der Waals surface area contributed by atoms with E-state index in [0.29, 0.717) is 28.6 Å². The molecule has 0 aliphatic carbocycles. The molecule has 27 heavy (non-hydrogen) atoms. The number of hydrogen-bond donors (Lipinski definition) is 2. The zero-order valence-corrected chi connectivity index (χ0v) is 15.3. The molecule has 2 aromatic carbocycles. The first-order valence-electron chi connectivity index (χ1n) is 8.25. The van der Waals surface area contributed by atoms with Crippen LogP contribution in [-0.4, -0.2) is 21.9 Å². The van der Waals surface area contributed by atoms with Gasteiger partial charge in [-0.15, -0.1) is 10.2 Å². The topological polar surface area (TPSA) is 84.0 Å². The number of aromatic nitrogens is 2. The molecule has 0 fully saturated rings. The fraction of sp³-hybridized carbons (Fsp3) is 0.100. The number of amides is 1. The van der Waals surface area contributed by atoms with E-state index < -0.39 is 5.91 Å². The van der Waals surface area contributed by atoms with Gasteiger partial charge in [0.2, 0.25) is 0 Å². The van der Waals surface area contributed by atoms with Crippen molar-refractivity contribution in [2.24, 2.45) is 0 Å². The van der Waals surface area contributed by atoms with Gasteiger partial charge in [-0.25, -0.2) is 0 Å². The highest BCUT2D eigenvalue weighted by molar-refractivity contribution is 6.30. The molecule has 1 aromatic heterocycles. The Bertz CT molecular complexity index is 956. The number of nitrogens with one attached hydrogen (secondary N) is 2. The molecule has 0 aliphatic rings. The molecule has 3 rings (SSSR count). The van der Waals surface area contributed by atoms with E-state index in [4.69, 9.17) is 11.6 Å². The molecule has 3 aromatic rings. The molecule has 0 atom stereocenters. The SMILES string of the molecule is CC(=O)c1cccc(NC(=O)c2ccc(NCc3ccc(Cl)cc3)nn2)c1. The zero-order valence-electron chi connectivity index (χ0n) is 14.6. The van der Waals surface area contributed by atoms with Gasteiger partial charge in [-0.1, -0.05) is 35.9 Å². The number of rotatable bonds is 6. The van der Waals surface area contributed by atoms with Gasteiger partial charge in [0.05, 0.1) is 0 Å². The summed E-state index contributed by atoms with van der Waals surface area (Å²) in [6.07, 6.45) is 0. The predicted octanol–water partition coefficient (Wildman–Crippen LogP) is 4.20. The summed E-state index contributed by atoms with van der Waals surface area (Å²) < 4.78 is 0. The summed E-state index contributed by atoms with van der Waals surface area (Å²) in [7, 11) is 0. The fourth-order valence-corrected chi connectivity index (χ4v) is 2.48. The maximum Gasteiger partial charge on any atom is 0.276 e. The van der Waals surface area contributed by atoms with E-state index in [0.717, 1.165) is 5.56 Å². The summed E-state index contributed by atoms with van der Waals surface area (Å²) >= 11 is 5.86. The molecular weight excluding hydrogens is 364 g/mol. The van der Waals surface area contributed by atoms with E-state index in [1.807, 2.05) is 24.3 Å². The lowest BCUT2D eigenvalue weighted by Gasteiger charge is -2.07. The van der Waals surface area contributed by atoms with Crippen LogP contribution in [0, 0.1) is 0 Å². The first-order chi connectivity index (χ1) is 13.0. The van der Waals surface area contributed by atoms with Gasteiger partial charge >= 0.3 is 0 Å². The summed E-state index contributed by atoms with van der Waals surface area (Å²) in [5, 5.41) is 14.5. The second-order valence-electron chi connectivity index (χ2n) is 5.87. The van der Waals surface area contributed by atoms with Gasteiger partial charge in [-0.05, 0) is 48.9 Å². The van der Waals surface area contributed by atoms with Crippen LogP contribution in [0.3, 0.4) is 0 Å². The molecule has 1 heterocycles. The van der Waals surface area contributed by atoms with Gasteiger partial charge in [0.25, 0.3) is 5.91 Å². The van der Waals surface area contributed by atoms with Crippen molar-refractivity contribution in [2.75, 3.05) is 10.6 Å². The molecule has 6 nitrogen and oxygen atoms in total. The van der Waals surface area contributed by atoms with Crippen LogP contribution < -0.4 is 10.6 Å². The molecule has 0 saturated carbocycles. The third kappa shape index (κ3) is 5.12. The van der Waals surface area contributed by atoms with Crippen molar-refractivity contribution in [3.63, 3.8) is 0 Å². The predicted molar refractivity (Wildman–Crippen MR) is 105 cm³/mol. The highest BCUT2D eigenvalue weighted by Gasteiger charge is 2.10. The van der Waals surface area contributed by atoms with Crippen LogP contribution in [0.4, 0.5) is 11.5 Å². The summed E-state index contributed by atoms with van der Waals surface area (Å²) in [6, 6.07) is 17.5. The molecule has 1 amide bonds. The Labute approximate surface area is 161 Å². The Morgan fingerprint density at radius 2 is 1.78 bits per heavy atom. The molecular formula is C20H17ClN4O2. The molecule has 7 heteroatoms. The normalized spacial score (nSPS) is 10.3. The van der Waals surface area contributed by atoms with Crippen LogP contribution in [0.5, 0.6) is 0 Å². The van der Waals surface area contributed by atoms with Crippen LogP contribution in [0.1, 0.15) is 33.3 Å². The Morgan fingerprint density at radius 1 is 1.00 bits per heavy atom. The third-order valence-corrected chi connectivity index (χ3v) is 4.06. The lowest BCUT2D eigenvalue weighted by molar-refractivity contribution is 0.100. The van der Waals surface area contributed by atoms with E-state index in [1.54, 1.807) is 36.4 Å². The summed E-state index contributed by atoms with van der Waals surface area (Å²) in [6.45, 7) is 2.04. The molecule has 0 saturated heterocycles. The fourth-order valence-electron chi connectivity index (χ4n) is 2.35. The van der Waals surface area contributed by atoms with E-state index in [9.17, 15) is 9.59 Å². The van der Waals surface area contributed by atoms with Gasteiger partial charge in [0, 0.05) is 22.8 Å². The van der Waals surface area contributed by atoms with Crippen LogP contribution >= 0.6 is 11.6 Å². The number of nitrogens with zero attached hydrogens (tertiary/aromatic N) is 2. The average molecular weight is 381 g/mol. The number of ketones is 1. The largest absolute Gasteiger partial charge is 0.365 e. The highest BCUT2D eigenvalue weighted by Crippen LogP contribution is 2.14. The van der Waals surface area contributed by atoms with Gasteiger partial charge in [-0.2, -0.15) is 0 Å². The number of carbonyl (C=O) groups excluding carboxylic acids is 2. The van der Waals surface area contributed by atoms with Gasteiger partial charge in [-0.3, -0.25) is 9.59 Å². The highest BCUT2D eigenvalue weighted by atomic mass is 35.5. The Balaban J connectivity index is 1.60. The van der Waals surface area contributed by atoms with Crippen molar-refractivity contribution in [2.45, 2.75) is 13.5 Å². The zero-order chi connectivity index (χ0) is 19.2. The number of Topliss-reactive ketones (excluding diaryl/α,β-unsaturated/α-hetero) is 1. The smallest absolute Gasteiger partial charge is 0.276 e. The minimum Gasteiger partial charge on any atom is -0.365 e. The molecule has 2 N–H and O–H groups in total. The van der Waals surface area contributed by atoms with E-state index in [1.165, 1.54) is 6.92 Å². The number of anilines is 2.